The molecule has 2 rings (SSSR count). The molecule has 0 fully saturated rings. The van der Waals surface area contributed by atoms with Crippen molar-refractivity contribution in [2.24, 2.45) is 0 Å². The Labute approximate surface area is 106 Å². The predicted octanol–water partition coefficient (Wildman–Crippen LogP) is 3.06. The fourth-order valence-electron chi connectivity index (χ4n) is 1.48. The Bertz CT molecular complexity index is 630. The van der Waals surface area contributed by atoms with E-state index in [4.69, 9.17) is 5.11 Å². The van der Waals surface area contributed by atoms with Crippen molar-refractivity contribution in [3.63, 3.8) is 0 Å². The number of para-hydroxylation sites is 1. The van der Waals surface area contributed by atoms with Gasteiger partial charge in [0.1, 0.15) is 0 Å². The van der Waals surface area contributed by atoms with Crippen molar-refractivity contribution in [1.82, 2.24) is 0 Å². The van der Waals surface area contributed by atoms with E-state index >= 15 is 0 Å². The van der Waals surface area contributed by atoms with Gasteiger partial charge in [-0.25, -0.2) is 8.78 Å². The molecule has 3 nitrogen and oxygen atoms in total. The molecule has 0 spiro atoms. The van der Waals surface area contributed by atoms with Gasteiger partial charge in [0.05, 0.1) is 5.56 Å². The van der Waals surface area contributed by atoms with Gasteiger partial charge in [-0.05, 0) is 18.2 Å². The van der Waals surface area contributed by atoms with E-state index in [0.29, 0.717) is 11.8 Å². The van der Waals surface area contributed by atoms with E-state index in [9.17, 15) is 18.0 Å². The number of hydrogen-bond acceptors (Lipinski definition) is 2. The molecule has 0 aliphatic rings. The summed E-state index contributed by atoms with van der Waals surface area (Å²) >= 11 is 0. The molecular formula is C13H8F3NO2. The van der Waals surface area contributed by atoms with Crippen molar-refractivity contribution in [1.29, 1.82) is 0 Å². The van der Waals surface area contributed by atoms with Crippen LogP contribution in [0.1, 0.15) is 10.4 Å². The summed E-state index contributed by atoms with van der Waals surface area (Å²) in [6.45, 7) is 0. The molecule has 0 unspecified atom stereocenters. The predicted molar refractivity (Wildman–Crippen MR) is 62.4 cm³/mol. The van der Waals surface area contributed by atoms with Gasteiger partial charge in [0.2, 0.25) is 5.82 Å². The Morgan fingerprint density at radius 3 is 2.32 bits per heavy atom. The Morgan fingerprint density at radius 2 is 1.68 bits per heavy atom. The third kappa shape index (κ3) is 2.52. The first-order chi connectivity index (χ1) is 9.00. The average Bonchev–Trinajstić information content (AvgIpc) is 2.41. The molecule has 98 valence electrons. The summed E-state index contributed by atoms with van der Waals surface area (Å²) in [4.78, 5) is 11.7. The van der Waals surface area contributed by atoms with Crippen LogP contribution in [-0.4, -0.2) is 11.0 Å². The summed E-state index contributed by atoms with van der Waals surface area (Å²) in [6, 6.07) is 8.44. The molecule has 0 aliphatic heterocycles. The average molecular weight is 267 g/mol. The molecule has 0 atom stereocenters. The second-order valence-corrected chi connectivity index (χ2v) is 3.70. The molecule has 2 N–H and O–H groups in total. The highest BCUT2D eigenvalue weighted by molar-refractivity contribution is 6.04. The summed E-state index contributed by atoms with van der Waals surface area (Å²) in [6.07, 6.45) is 0. The zero-order chi connectivity index (χ0) is 14.0. The van der Waals surface area contributed by atoms with Crippen LogP contribution in [0.3, 0.4) is 0 Å². The second kappa shape index (κ2) is 5.01. The monoisotopic (exact) mass is 267 g/mol. The molecule has 1 amide bonds. The quantitative estimate of drug-likeness (QED) is 0.821. The van der Waals surface area contributed by atoms with E-state index in [1.165, 1.54) is 12.1 Å². The van der Waals surface area contributed by atoms with E-state index < -0.39 is 34.7 Å². The number of carbonyl (C=O) groups excluding carboxylic acids is 1. The van der Waals surface area contributed by atoms with Gasteiger partial charge < -0.3 is 10.4 Å². The lowest BCUT2D eigenvalue weighted by atomic mass is 10.1. The normalized spacial score (nSPS) is 10.3. The van der Waals surface area contributed by atoms with Crippen LogP contribution in [-0.2, 0) is 0 Å². The smallest absolute Gasteiger partial charge is 0.258 e. The van der Waals surface area contributed by atoms with E-state index in [0.717, 1.165) is 0 Å². The number of hydrogen-bond donors (Lipinski definition) is 2. The summed E-state index contributed by atoms with van der Waals surface area (Å²) in [5.41, 5.74) is -0.420. The molecule has 0 aliphatic carbocycles. The molecule has 0 bridgehead atoms. The molecule has 19 heavy (non-hydrogen) atoms. The minimum atomic E-state index is -1.73. The fourth-order valence-corrected chi connectivity index (χ4v) is 1.48. The number of nitrogens with one attached hydrogen (secondary N) is 1. The van der Waals surface area contributed by atoms with Crippen molar-refractivity contribution < 1.29 is 23.1 Å². The maximum Gasteiger partial charge on any atom is 0.258 e. The maximum atomic E-state index is 13.5. The van der Waals surface area contributed by atoms with Gasteiger partial charge in [-0.2, -0.15) is 4.39 Å². The van der Waals surface area contributed by atoms with Gasteiger partial charge in [-0.3, -0.25) is 4.79 Å². The first-order valence-corrected chi connectivity index (χ1v) is 5.23. The Hall–Kier alpha value is -2.50. The van der Waals surface area contributed by atoms with Crippen LogP contribution in [0.25, 0.3) is 0 Å². The number of amides is 1. The molecule has 0 saturated heterocycles. The lowest BCUT2D eigenvalue weighted by molar-refractivity contribution is 0.102. The van der Waals surface area contributed by atoms with Crippen LogP contribution in [0.5, 0.6) is 5.75 Å². The van der Waals surface area contributed by atoms with Crippen molar-refractivity contribution >= 4 is 11.6 Å². The van der Waals surface area contributed by atoms with E-state index in [1.54, 1.807) is 18.2 Å². The largest absolute Gasteiger partial charge is 0.503 e. The number of phenols is 1. The number of halogens is 3. The van der Waals surface area contributed by atoms with Crippen LogP contribution in [0.2, 0.25) is 0 Å². The van der Waals surface area contributed by atoms with Crippen LogP contribution in [0, 0.1) is 17.5 Å². The first-order valence-electron chi connectivity index (χ1n) is 5.23. The minimum absolute atomic E-state index is 0.358. The van der Waals surface area contributed by atoms with E-state index in [-0.39, 0.29) is 0 Å². The highest BCUT2D eigenvalue weighted by atomic mass is 19.2. The zero-order valence-corrected chi connectivity index (χ0v) is 9.45. The summed E-state index contributed by atoms with van der Waals surface area (Å²) in [5, 5.41) is 11.3. The highest BCUT2D eigenvalue weighted by Crippen LogP contribution is 2.26. The lowest BCUT2D eigenvalue weighted by Gasteiger charge is -2.08. The first kappa shape index (κ1) is 12.9. The minimum Gasteiger partial charge on any atom is -0.503 e. The fraction of sp³-hybridized carbons (Fsp3) is 0. The highest BCUT2D eigenvalue weighted by Gasteiger charge is 2.22. The van der Waals surface area contributed by atoms with Crippen LogP contribution in [0.4, 0.5) is 18.9 Å². The number of rotatable bonds is 2. The lowest BCUT2D eigenvalue weighted by Crippen LogP contribution is -2.14. The number of aromatic hydroxyl groups is 1. The third-order valence-corrected chi connectivity index (χ3v) is 2.41. The van der Waals surface area contributed by atoms with E-state index in [2.05, 4.69) is 5.32 Å². The second-order valence-electron chi connectivity index (χ2n) is 3.70. The van der Waals surface area contributed by atoms with Crippen molar-refractivity contribution in [2.75, 3.05) is 5.32 Å². The standard InChI is InChI=1S/C13H8F3NO2/c14-9-6-8(10(15)12(18)11(9)16)13(19)17-7-4-2-1-3-5-7/h1-6,18H,(H,17,19). The van der Waals surface area contributed by atoms with Gasteiger partial charge in [-0.1, -0.05) is 18.2 Å². The molecule has 0 heterocycles. The molecule has 0 saturated carbocycles. The number of benzene rings is 2. The molecule has 2 aromatic rings. The summed E-state index contributed by atoms with van der Waals surface area (Å²) in [5.74, 6) is -7.24. The van der Waals surface area contributed by atoms with Gasteiger partial charge in [-0.15, -0.1) is 0 Å². The van der Waals surface area contributed by atoms with E-state index in [1.807, 2.05) is 0 Å². The SMILES string of the molecule is O=C(Nc1ccccc1)c1cc(F)c(F)c(O)c1F. The topological polar surface area (TPSA) is 49.3 Å². The number of carbonyl (C=O) groups is 1. The molecule has 6 heteroatoms. The molecular weight excluding hydrogens is 259 g/mol. The van der Waals surface area contributed by atoms with Crippen LogP contribution in [0.15, 0.2) is 36.4 Å². The van der Waals surface area contributed by atoms with Gasteiger partial charge in [0, 0.05) is 5.69 Å². The number of phenolic OH excluding ortho intramolecular Hbond substituents is 1. The Kier molecular flexibility index (Phi) is 3.41. The van der Waals surface area contributed by atoms with Gasteiger partial charge in [0.25, 0.3) is 5.91 Å². The van der Waals surface area contributed by atoms with Crippen molar-refractivity contribution in [3.8, 4) is 5.75 Å². The van der Waals surface area contributed by atoms with Crippen LogP contribution >= 0.6 is 0 Å². The zero-order valence-electron chi connectivity index (χ0n) is 9.45. The molecule has 0 aromatic heterocycles. The van der Waals surface area contributed by atoms with Crippen molar-refractivity contribution in [3.05, 3.63) is 59.4 Å². The summed E-state index contributed by atoms with van der Waals surface area (Å²) in [7, 11) is 0. The third-order valence-electron chi connectivity index (χ3n) is 2.41. The van der Waals surface area contributed by atoms with Crippen molar-refractivity contribution in [2.45, 2.75) is 0 Å². The Balaban J connectivity index is 2.35. The van der Waals surface area contributed by atoms with Gasteiger partial charge in [0.15, 0.2) is 17.4 Å². The van der Waals surface area contributed by atoms with Crippen LogP contribution < -0.4 is 5.32 Å². The summed E-state index contributed by atoms with van der Waals surface area (Å²) < 4.78 is 39.4. The van der Waals surface area contributed by atoms with Gasteiger partial charge >= 0.3 is 0 Å². The number of anilines is 1. The maximum absolute atomic E-state index is 13.5. The molecule has 2 aromatic carbocycles. The Morgan fingerprint density at radius 1 is 1.05 bits per heavy atom. The molecule has 0 radical (unpaired) electrons.